The zero-order chi connectivity index (χ0) is 20.4. The molecule has 3 rings (SSSR count). The van der Waals surface area contributed by atoms with Crippen molar-refractivity contribution in [3.8, 4) is 5.75 Å². The quantitative estimate of drug-likeness (QED) is 0.757. The molecule has 7 heteroatoms. The highest BCUT2D eigenvalue weighted by Crippen LogP contribution is 2.36. The molecular weight excluding hydrogens is 360 g/mol. The topological polar surface area (TPSA) is 92.0 Å². The Kier molecular flexibility index (Phi) is 5.93. The van der Waals surface area contributed by atoms with Crippen molar-refractivity contribution in [1.29, 1.82) is 0 Å². The largest absolute Gasteiger partial charge is 0.497 e. The molecule has 28 heavy (non-hydrogen) atoms. The number of ether oxygens (including phenoxy) is 1. The van der Waals surface area contributed by atoms with E-state index >= 15 is 0 Å². The number of carbonyl (C=O) groups is 2. The number of carboxylic acid groups (broad SMARTS) is 2. The van der Waals surface area contributed by atoms with Crippen molar-refractivity contribution in [3.63, 3.8) is 0 Å². The van der Waals surface area contributed by atoms with Gasteiger partial charge in [0.2, 0.25) is 0 Å². The number of piperidine rings is 1. The fourth-order valence-corrected chi connectivity index (χ4v) is 4.46. The Morgan fingerprint density at radius 1 is 1.21 bits per heavy atom. The number of nitrogens with zero attached hydrogens (tertiary/aromatic N) is 2. The van der Waals surface area contributed by atoms with Crippen LogP contribution in [0.4, 0.5) is 0 Å². The smallest absolute Gasteiger partial charge is 0.325 e. The van der Waals surface area contributed by atoms with Gasteiger partial charge in [-0.1, -0.05) is 13.8 Å². The van der Waals surface area contributed by atoms with Gasteiger partial charge in [0.15, 0.2) is 0 Å². The van der Waals surface area contributed by atoms with Crippen molar-refractivity contribution in [3.05, 3.63) is 30.0 Å². The molecule has 0 aliphatic carbocycles. The molecule has 0 unspecified atom stereocenters. The molecule has 1 aliphatic heterocycles. The van der Waals surface area contributed by atoms with Crippen LogP contribution in [0.2, 0.25) is 0 Å². The van der Waals surface area contributed by atoms with Crippen molar-refractivity contribution in [1.82, 2.24) is 9.47 Å². The summed E-state index contributed by atoms with van der Waals surface area (Å²) in [5, 5.41) is 19.9. The van der Waals surface area contributed by atoms with Gasteiger partial charge in [-0.25, -0.2) is 0 Å². The second-order valence-corrected chi connectivity index (χ2v) is 7.95. The van der Waals surface area contributed by atoms with Gasteiger partial charge in [-0.05, 0) is 36.5 Å². The number of hydrogen-bond donors (Lipinski definition) is 2. The Morgan fingerprint density at radius 2 is 1.89 bits per heavy atom. The van der Waals surface area contributed by atoms with Gasteiger partial charge in [-0.3, -0.25) is 14.5 Å². The van der Waals surface area contributed by atoms with E-state index in [4.69, 9.17) is 9.84 Å². The monoisotopic (exact) mass is 388 g/mol. The zero-order valence-corrected chi connectivity index (χ0v) is 16.6. The molecule has 7 nitrogen and oxygen atoms in total. The molecule has 0 spiro atoms. The van der Waals surface area contributed by atoms with Crippen LogP contribution < -0.4 is 4.74 Å². The first-order valence-electron chi connectivity index (χ1n) is 9.65. The Labute approximate surface area is 164 Å². The first-order valence-corrected chi connectivity index (χ1v) is 9.65. The molecule has 0 amide bonds. The third-order valence-electron chi connectivity index (χ3n) is 5.48. The Morgan fingerprint density at radius 3 is 2.46 bits per heavy atom. The summed E-state index contributed by atoms with van der Waals surface area (Å²) in [7, 11) is 1.57. The summed E-state index contributed by atoms with van der Waals surface area (Å²) in [5.41, 5.74) is 1.51. The SMILES string of the molecule is COc1ccc2c(c1)c([C@H](C(=O)O)N1C[C@H](C)C[C@H](C)C1)cn2CCC(=O)O. The van der Waals surface area contributed by atoms with Crippen LogP contribution in [0.25, 0.3) is 10.9 Å². The number of methoxy groups -OCH3 is 1. The van der Waals surface area contributed by atoms with Gasteiger partial charge < -0.3 is 19.5 Å². The van der Waals surface area contributed by atoms with Gasteiger partial charge in [-0.15, -0.1) is 0 Å². The van der Waals surface area contributed by atoms with Crippen LogP contribution in [0.1, 0.15) is 38.3 Å². The van der Waals surface area contributed by atoms with E-state index in [-0.39, 0.29) is 13.0 Å². The summed E-state index contributed by atoms with van der Waals surface area (Å²) < 4.78 is 7.18. The number of benzene rings is 1. The fourth-order valence-electron chi connectivity index (χ4n) is 4.46. The third kappa shape index (κ3) is 4.14. The highest BCUT2D eigenvalue weighted by atomic mass is 16.5. The van der Waals surface area contributed by atoms with E-state index in [1.807, 2.05) is 27.7 Å². The van der Waals surface area contributed by atoms with Crippen LogP contribution in [-0.2, 0) is 16.1 Å². The summed E-state index contributed by atoms with van der Waals surface area (Å²) in [4.78, 5) is 25.4. The number of carboxylic acids is 2. The van der Waals surface area contributed by atoms with Crippen LogP contribution in [0.3, 0.4) is 0 Å². The lowest BCUT2D eigenvalue weighted by molar-refractivity contribution is -0.144. The minimum absolute atomic E-state index is 0.0230. The molecule has 1 aromatic carbocycles. The summed E-state index contributed by atoms with van der Waals surface area (Å²) in [6.07, 6.45) is 2.87. The van der Waals surface area contributed by atoms with Crippen molar-refractivity contribution >= 4 is 22.8 Å². The number of likely N-dealkylation sites (tertiary alicyclic amines) is 1. The molecule has 0 bridgehead atoms. The highest BCUT2D eigenvalue weighted by molar-refractivity contribution is 5.90. The maximum atomic E-state index is 12.3. The average molecular weight is 388 g/mol. The molecule has 1 aromatic heterocycles. The van der Waals surface area contributed by atoms with Gasteiger partial charge in [0, 0.05) is 42.3 Å². The molecule has 152 valence electrons. The first kappa shape index (κ1) is 20.2. The molecule has 1 fully saturated rings. The maximum Gasteiger partial charge on any atom is 0.325 e. The number of aryl methyl sites for hydroxylation is 1. The Bertz CT molecular complexity index is 865. The lowest BCUT2D eigenvalue weighted by Crippen LogP contribution is -2.43. The molecule has 0 saturated carbocycles. The van der Waals surface area contributed by atoms with Crippen LogP contribution in [-0.4, -0.2) is 51.8 Å². The predicted molar refractivity (Wildman–Crippen MR) is 106 cm³/mol. The van der Waals surface area contributed by atoms with Crippen LogP contribution >= 0.6 is 0 Å². The van der Waals surface area contributed by atoms with Crippen molar-refractivity contribution in [2.75, 3.05) is 20.2 Å². The van der Waals surface area contributed by atoms with Crippen molar-refractivity contribution in [2.45, 2.75) is 39.3 Å². The minimum Gasteiger partial charge on any atom is -0.497 e. The van der Waals surface area contributed by atoms with Gasteiger partial charge in [0.25, 0.3) is 0 Å². The molecule has 3 atom stereocenters. The Hall–Kier alpha value is -2.54. The van der Waals surface area contributed by atoms with E-state index in [2.05, 4.69) is 13.8 Å². The highest BCUT2D eigenvalue weighted by Gasteiger charge is 2.34. The lowest BCUT2D eigenvalue weighted by atomic mass is 9.89. The second kappa shape index (κ2) is 8.22. The van der Waals surface area contributed by atoms with Gasteiger partial charge in [0.1, 0.15) is 11.8 Å². The van der Waals surface area contributed by atoms with E-state index in [0.29, 0.717) is 23.1 Å². The first-order chi connectivity index (χ1) is 13.3. The van der Waals surface area contributed by atoms with Crippen molar-refractivity contribution in [2.24, 2.45) is 11.8 Å². The Balaban J connectivity index is 2.09. The van der Waals surface area contributed by atoms with Gasteiger partial charge in [0.05, 0.1) is 13.5 Å². The third-order valence-corrected chi connectivity index (χ3v) is 5.48. The second-order valence-electron chi connectivity index (χ2n) is 7.95. The zero-order valence-electron chi connectivity index (χ0n) is 16.6. The van der Waals surface area contributed by atoms with E-state index in [0.717, 1.165) is 30.4 Å². The average Bonchev–Trinajstić information content (AvgIpc) is 2.96. The summed E-state index contributed by atoms with van der Waals surface area (Å²) in [6, 6.07) is 4.74. The molecular formula is C21H28N2O5. The summed E-state index contributed by atoms with van der Waals surface area (Å²) in [6.45, 7) is 6.05. The van der Waals surface area contributed by atoms with Crippen LogP contribution in [0, 0.1) is 11.8 Å². The summed E-state index contributed by atoms with van der Waals surface area (Å²) >= 11 is 0. The number of aliphatic carboxylic acids is 2. The molecule has 1 saturated heterocycles. The van der Waals surface area contributed by atoms with Gasteiger partial charge >= 0.3 is 11.9 Å². The van der Waals surface area contributed by atoms with Gasteiger partial charge in [-0.2, -0.15) is 0 Å². The molecule has 0 radical (unpaired) electrons. The minimum atomic E-state index is -0.888. The normalized spacial score (nSPS) is 21.5. The fraction of sp³-hybridized carbons (Fsp3) is 0.524. The predicted octanol–water partition coefficient (Wildman–Crippen LogP) is 3.23. The molecule has 2 heterocycles. The number of aromatic nitrogens is 1. The lowest BCUT2D eigenvalue weighted by Gasteiger charge is -2.38. The maximum absolute atomic E-state index is 12.3. The van der Waals surface area contributed by atoms with E-state index in [1.165, 1.54) is 0 Å². The standard InChI is InChI=1S/C21H28N2O5/c1-13-8-14(2)11-23(10-13)20(21(26)27)17-12-22(7-6-19(24)25)18-5-4-15(28-3)9-16(17)18/h4-5,9,12-14,20H,6-8,10-11H2,1-3H3,(H,24,25)(H,26,27)/t13-,14+,20-/m1/s1. The molecule has 2 N–H and O–H groups in total. The van der Waals surface area contributed by atoms with E-state index in [1.54, 1.807) is 13.3 Å². The number of rotatable bonds is 7. The van der Waals surface area contributed by atoms with E-state index < -0.39 is 18.0 Å². The summed E-state index contributed by atoms with van der Waals surface area (Å²) in [5.74, 6) is -0.262. The molecule has 1 aliphatic rings. The number of hydrogen-bond acceptors (Lipinski definition) is 4. The van der Waals surface area contributed by atoms with E-state index in [9.17, 15) is 14.7 Å². The van der Waals surface area contributed by atoms with Crippen LogP contribution in [0.5, 0.6) is 5.75 Å². The molecule has 2 aromatic rings. The van der Waals surface area contributed by atoms with Crippen LogP contribution in [0.15, 0.2) is 24.4 Å². The number of fused-ring (bicyclic) bond motifs is 1. The van der Waals surface area contributed by atoms with Crippen molar-refractivity contribution < 1.29 is 24.5 Å².